The standard InChI is InChI=1S/C15H10FN3O3S/c16-12-6-9(3-4-10(12)8-20)7-18-15(22)19-14(21)11-2-1-5-17-13(11)23-19/h1-6,8H,7H2,(H,18,22). The molecule has 2 aromatic heterocycles. The summed E-state index contributed by atoms with van der Waals surface area (Å²) in [5, 5.41) is 2.90. The summed E-state index contributed by atoms with van der Waals surface area (Å²) in [6, 6.07) is 6.63. The van der Waals surface area contributed by atoms with E-state index in [0.717, 1.165) is 15.5 Å². The molecular weight excluding hydrogens is 321 g/mol. The Morgan fingerprint density at radius 3 is 2.91 bits per heavy atom. The number of aromatic nitrogens is 2. The fraction of sp³-hybridized carbons (Fsp3) is 0.0667. The van der Waals surface area contributed by atoms with Crippen molar-refractivity contribution in [2.45, 2.75) is 6.54 Å². The molecule has 3 rings (SSSR count). The lowest BCUT2D eigenvalue weighted by Crippen LogP contribution is -2.32. The molecule has 0 radical (unpaired) electrons. The van der Waals surface area contributed by atoms with Gasteiger partial charge in [0.1, 0.15) is 10.6 Å². The van der Waals surface area contributed by atoms with Gasteiger partial charge in [-0.2, -0.15) is 3.96 Å². The van der Waals surface area contributed by atoms with Crippen molar-refractivity contribution in [2.75, 3.05) is 0 Å². The third-order valence-corrected chi connectivity index (χ3v) is 4.20. The van der Waals surface area contributed by atoms with Gasteiger partial charge in [-0.1, -0.05) is 6.07 Å². The van der Waals surface area contributed by atoms with Gasteiger partial charge >= 0.3 is 6.03 Å². The lowest BCUT2D eigenvalue weighted by atomic mass is 10.1. The van der Waals surface area contributed by atoms with Gasteiger partial charge in [0.05, 0.1) is 10.9 Å². The van der Waals surface area contributed by atoms with Crippen molar-refractivity contribution in [3.63, 3.8) is 0 Å². The third kappa shape index (κ3) is 2.88. The predicted octanol–water partition coefficient (Wildman–Crippen LogP) is 2.17. The summed E-state index contributed by atoms with van der Waals surface area (Å²) >= 11 is 0.937. The van der Waals surface area contributed by atoms with Crippen LogP contribution in [0.4, 0.5) is 9.18 Å². The number of carbonyl (C=O) groups is 2. The molecule has 0 saturated heterocycles. The Morgan fingerprint density at radius 1 is 1.39 bits per heavy atom. The Kier molecular flexibility index (Phi) is 3.98. The molecule has 3 aromatic rings. The van der Waals surface area contributed by atoms with Crippen LogP contribution in [-0.4, -0.2) is 21.3 Å². The minimum atomic E-state index is -0.657. The van der Waals surface area contributed by atoms with E-state index in [1.165, 1.54) is 24.4 Å². The van der Waals surface area contributed by atoms with Crippen molar-refractivity contribution in [2.24, 2.45) is 0 Å². The number of amides is 1. The summed E-state index contributed by atoms with van der Waals surface area (Å²) in [5.41, 5.74) is -0.0151. The van der Waals surface area contributed by atoms with Gasteiger partial charge in [-0.05, 0) is 41.4 Å². The van der Waals surface area contributed by atoms with Gasteiger partial charge in [0.25, 0.3) is 5.56 Å². The molecular formula is C15H10FN3O3S. The van der Waals surface area contributed by atoms with Crippen LogP contribution in [0.15, 0.2) is 41.3 Å². The zero-order chi connectivity index (χ0) is 16.4. The monoisotopic (exact) mass is 331 g/mol. The molecule has 8 heteroatoms. The summed E-state index contributed by atoms with van der Waals surface area (Å²) in [5.74, 6) is -0.657. The van der Waals surface area contributed by atoms with E-state index in [9.17, 15) is 18.8 Å². The Balaban J connectivity index is 1.79. The highest BCUT2D eigenvalue weighted by atomic mass is 32.1. The van der Waals surface area contributed by atoms with Crippen LogP contribution in [-0.2, 0) is 6.54 Å². The average molecular weight is 331 g/mol. The molecule has 23 heavy (non-hydrogen) atoms. The maximum absolute atomic E-state index is 13.5. The second-order valence-corrected chi connectivity index (χ2v) is 5.61. The first-order valence-electron chi connectivity index (χ1n) is 6.59. The van der Waals surface area contributed by atoms with Crippen molar-refractivity contribution >= 4 is 34.1 Å². The van der Waals surface area contributed by atoms with E-state index in [1.54, 1.807) is 12.1 Å². The zero-order valence-electron chi connectivity index (χ0n) is 11.7. The van der Waals surface area contributed by atoms with Crippen LogP contribution in [0.1, 0.15) is 15.9 Å². The van der Waals surface area contributed by atoms with Gasteiger partial charge in [-0.15, -0.1) is 0 Å². The molecule has 0 saturated carbocycles. The Hall–Kier alpha value is -2.87. The van der Waals surface area contributed by atoms with Crippen molar-refractivity contribution in [3.8, 4) is 0 Å². The topological polar surface area (TPSA) is 81.1 Å². The Morgan fingerprint density at radius 2 is 2.22 bits per heavy atom. The van der Waals surface area contributed by atoms with Crippen molar-refractivity contribution < 1.29 is 14.0 Å². The molecule has 2 heterocycles. The highest BCUT2D eigenvalue weighted by molar-refractivity contribution is 7.14. The molecule has 0 fully saturated rings. The normalized spacial score (nSPS) is 10.7. The number of aldehydes is 1. The van der Waals surface area contributed by atoms with Crippen LogP contribution in [0.2, 0.25) is 0 Å². The molecule has 0 atom stereocenters. The molecule has 0 aliphatic rings. The highest BCUT2D eigenvalue weighted by Gasteiger charge is 2.14. The number of carbonyl (C=O) groups excluding carboxylic acids is 2. The second-order valence-electron chi connectivity index (χ2n) is 4.68. The van der Waals surface area contributed by atoms with Gasteiger partial charge < -0.3 is 5.32 Å². The van der Waals surface area contributed by atoms with E-state index >= 15 is 0 Å². The maximum atomic E-state index is 13.5. The fourth-order valence-electron chi connectivity index (χ4n) is 2.02. The Bertz CT molecular complexity index is 964. The Labute approximate surface area is 133 Å². The summed E-state index contributed by atoms with van der Waals surface area (Å²) in [6.07, 6.45) is 1.96. The number of hydrogen-bond donors (Lipinski definition) is 1. The molecule has 1 aromatic carbocycles. The van der Waals surface area contributed by atoms with Crippen LogP contribution in [0.3, 0.4) is 0 Å². The van der Waals surface area contributed by atoms with E-state index in [1.807, 2.05) is 0 Å². The smallest absolute Gasteiger partial charge is 0.333 e. The van der Waals surface area contributed by atoms with Gasteiger partial charge in [-0.25, -0.2) is 14.2 Å². The highest BCUT2D eigenvalue weighted by Crippen LogP contribution is 2.13. The lowest BCUT2D eigenvalue weighted by molar-refractivity contribution is 0.111. The number of nitrogens with one attached hydrogen (secondary N) is 1. The lowest BCUT2D eigenvalue weighted by Gasteiger charge is -2.05. The largest absolute Gasteiger partial charge is 0.338 e. The number of rotatable bonds is 3. The van der Waals surface area contributed by atoms with Gasteiger partial charge in [0, 0.05) is 12.7 Å². The maximum Gasteiger partial charge on any atom is 0.338 e. The molecule has 0 bridgehead atoms. The number of halogens is 1. The van der Waals surface area contributed by atoms with Gasteiger partial charge in [0.2, 0.25) is 0 Å². The molecule has 116 valence electrons. The fourth-order valence-corrected chi connectivity index (χ4v) is 2.89. The molecule has 0 spiro atoms. The van der Waals surface area contributed by atoms with E-state index in [4.69, 9.17) is 0 Å². The summed E-state index contributed by atoms with van der Waals surface area (Å²) in [4.78, 5) is 39.2. The summed E-state index contributed by atoms with van der Waals surface area (Å²) < 4.78 is 14.5. The van der Waals surface area contributed by atoms with Crippen molar-refractivity contribution in [3.05, 3.63) is 63.8 Å². The number of benzene rings is 1. The minimum Gasteiger partial charge on any atom is -0.333 e. The van der Waals surface area contributed by atoms with Gasteiger partial charge in [0.15, 0.2) is 6.29 Å². The van der Waals surface area contributed by atoms with E-state index in [-0.39, 0.29) is 12.1 Å². The molecule has 1 N–H and O–H groups in total. The number of fused-ring (bicyclic) bond motifs is 1. The summed E-state index contributed by atoms with van der Waals surface area (Å²) in [7, 11) is 0. The molecule has 0 aliphatic carbocycles. The third-order valence-electron chi connectivity index (χ3n) is 3.18. The van der Waals surface area contributed by atoms with E-state index in [0.29, 0.717) is 22.1 Å². The first-order chi connectivity index (χ1) is 11.1. The van der Waals surface area contributed by atoms with Crippen molar-refractivity contribution in [1.82, 2.24) is 14.3 Å². The van der Waals surface area contributed by atoms with Crippen LogP contribution in [0, 0.1) is 5.82 Å². The van der Waals surface area contributed by atoms with E-state index in [2.05, 4.69) is 10.3 Å². The molecule has 0 aliphatic heterocycles. The zero-order valence-corrected chi connectivity index (χ0v) is 12.5. The van der Waals surface area contributed by atoms with Gasteiger partial charge in [-0.3, -0.25) is 9.59 Å². The van der Waals surface area contributed by atoms with Crippen LogP contribution < -0.4 is 10.9 Å². The van der Waals surface area contributed by atoms with E-state index < -0.39 is 17.4 Å². The van der Waals surface area contributed by atoms with Crippen molar-refractivity contribution in [1.29, 1.82) is 0 Å². The first-order valence-corrected chi connectivity index (χ1v) is 7.36. The molecule has 6 nitrogen and oxygen atoms in total. The number of pyridine rings is 1. The number of nitrogens with zero attached hydrogens (tertiary/aromatic N) is 2. The van der Waals surface area contributed by atoms with Crippen LogP contribution in [0.25, 0.3) is 10.2 Å². The minimum absolute atomic E-state index is 0.0308. The SMILES string of the molecule is O=Cc1ccc(CNC(=O)n2sc3ncccc3c2=O)cc1F. The molecule has 0 unspecified atom stereocenters. The predicted molar refractivity (Wildman–Crippen MR) is 83.3 cm³/mol. The van der Waals surface area contributed by atoms with Crippen LogP contribution in [0.5, 0.6) is 0 Å². The number of hydrogen-bond acceptors (Lipinski definition) is 5. The second kappa shape index (κ2) is 6.09. The average Bonchev–Trinajstić information content (AvgIpc) is 2.90. The summed E-state index contributed by atoms with van der Waals surface area (Å²) in [6.45, 7) is 0.0308. The van der Waals surface area contributed by atoms with Crippen LogP contribution >= 0.6 is 11.5 Å². The first kappa shape index (κ1) is 15.0. The molecule has 1 amide bonds. The quantitative estimate of drug-likeness (QED) is 0.746.